The Labute approximate surface area is 56.2 Å². The highest BCUT2D eigenvalue weighted by atomic mass is 15.2. The van der Waals surface area contributed by atoms with Crippen molar-refractivity contribution in [2.45, 2.75) is 6.04 Å². The molecule has 9 heavy (non-hydrogen) atoms. The van der Waals surface area contributed by atoms with Crippen molar-refractivity contribution >= 4 is 0 Å². The van der Waals surface area contributed by atoms with Crippen molar-refractivity contribution in [1.29, 1.82) is 0 Å². The Balaban J connectivity index is 1.91. The van der Waals surface area contributed by atoms with Crippen LogP contribution in [0.25, 0.3) is 0 Å². The number of nitrogens with one attached hydrogen (secondary N) is 1. The molecule has 3 N–H and O–H groups in total. The molecule has 1 aliphatic heterocycles. The molecule has 0 saturated carbocycles. The second kappa shape index (κ2) is 3.15. The van der Waals surface area contributed by atoms with Crippen molar-refractivity contribution in [3.05, 3.63) is 0 Å². The molecule has 0 aromatic rings. The van der Waals surface area contributed by atoms with E-state index in [1.54, 1.807) is 0 Å². The van der Waals surface area contributed by atoms with Crippen molar-refractivity contribution < 1.29 is 0 Å². The van der Waals surface area contributed by atoms with Gasteiger partial charge >= 0.3 is 0 Å². The van der Waals surface area contributed by atoms with Gasteiger partial charge in [-0.25, -0.2) is 0 Å². The lowest BCUT2D eigenvalue weighted by atomic mass is 10.1. The van der Waals surface area contributed by atoms with Gasteiger partial charge < -0.3 is 16.0 Å². The van der Waals surface area contributed by atoms with E-state index in [1.807, 2.05) is 0 Å². The summed E-state index contributed by atoms with van der Waals surface area (Å²) in [4.78, 5) is 2.29. The van der Waals surface area contributed by atoms with Crippen molar-refractivity contribution in [1.82, 2.24) is 10.2 Å². The first-order valence-corrected chi connectivity index (χ1v) is 3.45. The van der Waals surface area contributed by atoms with E-state index in [0.29, 0.717) is 6.04 Å². The minimum Gasteiger partial charge on any atom is -0.329 e. The van der Waals surface area contributed by atoms with Gasteiger partial charge in [-0.15, -0.1) is 0 Å². The first-order valence-electron chi connectivity index (χ1n) is 3.45. The zero-order valence-corrected chi connectivity index (χ0v) is 5.93. The van der Waals surface area contributed by atoms with Crippen molar-refractivity contribution in [3.63, 3.8) is 0 Å². The van der Waals surface area contributed by atoms with Gasteiger partial charge in [0, 0.05) is 32.2 Å². The molecule has 0 aliphatic carbocycles. The van der Waals surface area contributed by atoms with Crippen LogP contribution < -0.4 is 11.1 Å². The second-order valence-corrected chi connectivity index (χ2v) is 2.66. The predicted octanol–water partition coefficient (Wildman–Crippen LogP) is -1.15. The van der Waals surface area contributed by atoms with E-state index < -0.39 is 0 Å². The number of hydrogen-bond acceptors (Lipinski definition) is 3. The van der Waals surface area contributed by atoms with E-state index in [0.717, 1.165) is 13.1 Å². The monoisotopic (exact) mass is 129 g/mol. The van der Waals surface area contributed by atoms with E-state index in [-0.39, 0.29) is 0 Å². The molecule has 1 fully saturated rings. The van der Waals surface area contributed by atoms with Gasteiger partial charge in [0.05, 0.1) is 0 Å². The molecule has 0 spiro atoms. The molecule has 1 saturated heterocycles. The van der Waals surface area contributed by atoms with Crippen LogP contribution in [-0.2, 0) is 0 Å². The van der Waals surface area contributed by atoms with E-state index >= 15 is 0 Å². The summed E-state index contributed by atoms with van der Waals surface area (Å²) in [5, 5.41) is 3.33. The minimum absolute atomic E-state index is 0.707. The maximum absolute atomic E-state index is 5.31. The fraction of sp³-hybridized carbons (Fsp3) is 1.00. The maximum Gasteiger partial charge on any atom is 0.0322 e. The Morgan fingerprint density at radius 1 is 1.67 bits per heavy atom. The smallest absolute Gasteiger partial charge is 0.0322 e. The van der Waals surface area contributed by atoms with Gasteiger partial charge in [-0.3, -0.25) is 0 Å². The van der Waals surface area contributed by atoms with Crippen molar-refractivity contribution in [3.8, 4) is 0 Å². The molecule has 0 aromatic heterocycles. The van der Waals surface area contributed by atoms with Gasteiger partial charge in [0.15, 0.2) is 0 Å². The Kier molecular flexibility index (Phi) is 2.45. The first kappa shape index (κ1) is 6.99. The molecule has 1 heterocycles. The molecular formula is C6H15N3. The van der Waals surface area contributed by atoms with E-state index in [9.17, 15) is 0 Å². The summed E-state index contributed by atoms with van der Waals surface area (Å²) in [6.45, 7) is 4.07. The van der Waals surface area contributed by atoms with Crippen LogP contribution in [0.2, 0.25) is 0 Å². The summed E-state index contributed by atoms with van der Waals surface area (Å²) >= 11 is 0. The lowest BCUT2D eigenvalue weighted by Gasteiger charge is -2.36. The summed E-state index contributed by atoms with van der Waals surface area (Å²) in [7, 11) is 2.13. The molecule has 3 heteroatoms. The largest absolute Gasteiger partial charge is 0.329 e. The number of rotatable bonds is 3. The topological polar surface area (TPSA) is 41.3 Å². The van der Waals surface area contributed by atoms with Gasteiger partial charge in [-0.2, -0.15) is 0 Å². The quantitative estimate of drug-likeness (QED) is 0.505. The normalized spacial score (nSPS) is 22.0. The highest BCUT2D eigenvalue weighted by molar-refractivity contribution is 4.82. The highest BCUT2D eigenvalue weighted by Crippen LogP contribution is 2.01. The Morgan fingerprint density at radius 2 is 2.33 bits per heavy atom. The average molecular weight is 129 g/mol. The molecule has 1 aliphatic rings. The molecule has 54 valence electrons. The predicted molar refractivity (Wildman–Crippen MR) is 38.3 cm³/mol. The van der Waals surface area contributed by atoms with Gasteiger partial charge in [0.25, 0.3) is 0 Å². The second-order valence-electron chi connectivity index (χ2n) is 2.66. The lowest BCUT2D eigenvalue weighted by molar-refractivity contribution is 0.163. The van der Waals surface area contributed by atoms with Crippen LogP contribution in [0.4, 0.5) is 0 Å². The minimum atomic E-state index is 0.707. The van der Waals surface area contributed by atoms with Crippen LogP contribution in [0.15, 0.2) is 0 Å². The third-order valence-electron chi connectivity index (χ3n) is 1.64. The molecule has 0 bridgehead atoms. The van der Waals surface area contributed by atoms with Gasteiger partial charge in [0.1, 0.15) is 0 Å². The molecule has 0 unspecified atom stereocenters. The van der Waals surface area contributed by atoms with Crippen LogP contribution in [-0.4, -0.2) is 44.2 Å². The van der Waals surface area contributed by atoms with Gasteiger partial charge in [-0.05, 0) is 7.05 Å². The molecule has 3 nitrogen and oxygen atoms in total. The van der Waals surface area contributed by atoms with Crippen LogP contribution in [0, 0.1) is 0 Å². The number of likely N-dealkylation sites (tertiary alicyclic amines) is 1. The summed E-state index contributed by atoms with van der Waals surface area (Å²) in [6.07, 6.45) is 0. The molecule has 0 aromatic carbocycles. The van der Waals surface area contributed by atoms with Gasteiger partial charge in [-0.1, -0.05) is 0 Å². The standard InChI is InChI=1S/C6H15N3/c1-9-4-6(5-9)8-3-2-7/h6,8H,2-5,7H2,1H3. The van der Waals surface area contributed by atoms with E-state index in [4.69, 9.17) is 5.73 Å². The zero-order valence-electron chi connectivity index (χ0n) is 5.93. The molecule has 0 amide bonds. The fourth-order valence-corrected chi connectivity index (χ4v) is 1.12. The third-order valence-corrected chi connectivity index (χ3v) is 1.64. The van der Waals surface area contributed by atoms with Crippen LogP contribution >= 0.6 is 0 Å². The van der Waals surface area contributed by atoms with Gasteiger partial charge in [0.2, 0.25) is 0 Å². The molecule has 0 radical (unpaired) electrons. The van der Waals surface area contributed by atoms with Crippen LogP contribution in [0.3, 0.4) is 0 Å². The molecular weight excluding hydrogens is 114 g/mol. The number of hydrogen-bond donors (Lipinski definition) is 2. The van der Waals surface area contributed by atoms with E-state index in [1.165, 1.54) is 13.1 Å². The Hall–Kier alpha value is -0.120. The van der Waals surface area contributed by atoms with Crippen LogP contribution in [0.1, 0.15) is 0 Å². The first-order chi connectivity index (χ1) is 4.33. The summed E-state index contributed by atoms with van der Waals surface area (Å²) in [5.41, 5.74) is 5.31. The lowest BCUT2D eigenvalue weighted by Crippen LogP contribution is -2.56. The number of likely N-dealkylation sites (N-methyl/N-ethyl adjacent to an activating group) is 1. The Bertz CT molecular complexity index is 78.4. The summed E-state index contributed by atoms with van der Waals surface area (Å²) < 4.78 is 0. The summed E-state index contributed by atoms with van der Waals surface area (Å²) in [6, 6.07) is 0.707. The number of nitrogens with two attached hydrogens (primary N) is 1. The Morgan fingerprint density at radius 3 is 2.78 bits per heavy atom. The molecule has 1 rings (SSSR count). The maximum atomic E-state index is 5.31. The van der Waals surface area contributed by atoms with E-state index in [2.05, 4.69) is 17.3 Å². The molecule has 0 atom stereocenters. The van der Waals surface area contributed by atoms with Crippen LogP contribution in [0.5, 0.6) is 0 Å². The summed E-state index contributed by atoms with van der Waals surface area (Å²) in [5.74, 6) is 0. The third kappa shape index (κ3) is 1.93. The highest BCUT2D eigenvalue weighted by Gasteiger charge is 2.21. The average Bonchev–Trinajstić information content (AvgIpc) is 1.78. The van der Waals surface area contributed by atoms with Crippen molar-refractivity contribution in [2.24, 2.45) is 5.73 Å². The fourth-order valence-electron chi connectivity index (χ4n) is 1.12. The SMILES string of the molecule is CN1CC(NCCN)C1. The van der Waals surface area contributed by atoms with Crippen molar-refractivity contribution in [2.75, 3.05) is 33.2 Å². The number of nitrogens with zero attached hydrogens (tertiary/aromatic N) is 1. The zero-order chi connectivity index (χ0) is 6.69.